The molecule has 2 bridgehead atoms. The number of nitrogens with one attached hydrogen (secondary N) is 2. The number of aliphatic hydroxyl groups is 1. The van der Waals surface area contributed by atoms with Crippen molar-refractivity contribution in [2.45, 2.75) is 75.0 Å². The Balaban J connectivity index is 1.32. The molecule has 0 radical (unpaired) electrons. The van der Waals surface area contributed by atoms with Gasteiger partial charge in [0.05, 0.1) is 28.8 Å². The van der Waals surface area contributed by atoms with E-state index >= 15 is 8.78 Å². The lowest BCUT2D eigenvalue weighted by molar-refractivity contribution is -0.145. The third-order valence-corrected chi connectivity index (χ3v) is 8.75. The molecule has 3 aliphatic rings. The zero-order valence-corrected chi connectivity index (χ0v) is 21.6. The number of hydrogen-bond donors (Lipinski definition) is 3. The summed E-state index contributed by atoms with van der Waals surface area (Å²) in [4.78, 5) is 32.2. The van der Waals surface area contributed by atoms with Gasteiger partial charge in [0.15, 0.2) is 0 Å². The molecule has 1 aromatic heterocycles. The van der Waals surface area contributed by atoms with E-state index in [1.165, 1.54) is 0 Å². The Morgan fingerprint density at radius 1 is 1.07 bits per heavy atom. The van der Waals surface area contributed by atoms with E-state index in [0.29, 0.717) is 25.2 Å². The highest BCUT2D eigenvalue weighted by Crippen LogP contribution is 2.63. The number of benzene rings is 1. The normalized spacial score (nSPS) is 30.4. The van der Waals surface area contributed by atoms with E-state index in [1.807, 2.05) is 0 Å². The van der Waals surface area contributed by atoms with E-state index in [-0.39, 0.29) is 42.7 Å². The highest BCUT2D eigenvalue weighted by molar-refractivity contribution is 6.30. The van der Waals surface area contributed by atoms with E-state index < -0.39 is 76.2 Å². The topological polar surface area (TPSA) is 104 Å². The van der Waals surface area contributed by atoms with Crippen LogP contribution in [0.15, 0.2) is 24.5 Å². The van der Waals surface area contributed by atoms with Crippen LogP contribution in [0.2, 0.25) is 5.02 Å². The molecule has 3 fully saturated rings. The van der Waals surface area contributed by atoms with Crippen LogP contribution in [0.4, 0.5) is 26.3 Å². The average Bonchev–Trinajstić information content (AvgIpc) is 3.56. The Morgan fingerprint density at radius 2 is 1.73 bits per heavy atom. The Kier molecular flexibility index (Phi) is 7.26. The second-order valence-corrected chi connectivity index (χ2v) is 11.4. The molecule has 3 saturated carbocycles. The first kappa shape index (κ1) is 28.6. The molecule has 1 aromatic carbocycles. The van der Waals surface area contributed by atoms with Gasteiger partial charge in [-0.2, -0.15) is 13.2 Å². The Morgan fingerprint density at radius 3 is 2.30 bits per heavy atom. The second kappa shape index (κ2) is 10.2. The minimum absolute atomic E-state index is 0.0253. The van der Waals surface area contributed by atoms with E-state index in [2.05, 4.69) is 20.6 Å². The van der Waals surface area contributed by atoms with Crippen molar-refractivity contribution < 1.29 is 41.0 Å². The van der Waals surface area contributed by atoms with Gasteiger partial charge in [-0.15, -0.1) is 0 Å². The Bertz CT molecular complexity index is 1320. The smallest absolute Gasteiger partial charge is 0.391 e. The molecule has 0 spiro atoms. The van der Waals surface area contributed by atoms with Crippen molar-refractivity contribution in [2.24, 2.45) is 11.3 Å². The molecule has 4 atom stereocenters. The summed E-state index contributed by atoms with van der Waals surface area (Å²) in [6, 6.07) is -0.122. The maximum absolute atomic E-state index is 15.2. The molecule has 3 N–H and O–H groups in total. The van der Waals surface area contributed by atoms with Crippen LogP contribution < -0.4 is 10.6 Å². The molecule has 0 unspecified atom stereocenters. The van der Waals surface area contributed by atoms with Crippen molar-refractivity contribution in [3.05, 3.63) is 58.1 Å². The van der Waals surface area contributed by atoms with Crippen LogP contribution >= 0.6 is 11.6 Å². The van der Waals surface area contributed by atoms with Gasteiger partial charge in [0.2, 0.25) is 11.7 Å². The lowest BCUT2D eigenvalue weighted by Crippen LogP contribution is -2.43. The lowest BCUT2D eigenvalue weighted by Gasteiger charge is -2.37. The molecule has 0 saturated heterocycles. The molecule has 14 heteroatoms. The number of rotatable bonds is 6. The minimum atomic E-state index is -4.78. The molecule has 216 valence electrons. The lowest BCUT2D eigenvalue weighted by atomic mass is 9.74. The fourth-order valence-corrected chi connectivity index (χ4v) is 6.56. The van der Waals surface area contributed by atoms with E-state index in [1.54, 1.807) is 0 Å². The van der Waals surface area contributed by atoms with Gasteiger partial charge in [-0.25, -0.2) is 23.1 Å². The van der Waals surface area contributed by atoms with Gasteiger partial charge < -0.3 is 15.7 Å². The number of hydrogen-bond acceptors (Lipinski definition) is 5. The summed E-state index contributed by atoms with van der Waals surface area (Å²) >= 11 is 5.93. The van der Waals surface area contributed by atoms with Crippen LogP contribution in [-0.4, -0.2) is 44.7 Å². The molecule has 2 amide bonds. The Hall–Kier alpha value is -2.93. The van der Waals surface area contributed by atoms with Crippen LogP contribution in [0.3, 0.4) is 0 Å². The summed E-state index contributed by atoms with van der Waals surface area (Å²) in [5.41, 5.74) is -3.13. The monoisotopic (exact) mass is 590 g/mol. The number of aromatic nitrogens is 2. The zero-order valence-electron chi connectivity index (χ0n) is 20.9. The Labute approximate surface area is 229 Å². The number of fused-ring (bicyclic) bond motifs is 2. The van der Waals surface area contributed by atoms with Crippen LogP contribution in [-0.2, 0) is 11.0 Å². The molecule has 2 aromatic rings. The predicted octanol–water partition coefficient (Wildman–Crippen LogP) is 4.83. The van der Waals surface area contributed by atoms with Crippen molar-refractivity contribution >= 4 is 23.4 Å². The van der Waals surface area contributed by atoms with Gasteiger partial charge in [-0.3, -0.25) is 9.59 Å². The highest BCUT2D eigenvalue weighted by Gasteiger charge is 2.59. The fraction of sp³-hybridized carbons (Fsp3) is 0.538. The largest absolute Gasteiger partial charge is 0.451 e. The summed E-state index contributed by atoms with van der Waals surface area (Å²) in [7, 11) is 0. The summed E-state index contributed by atoms with van der Waals surface area (Å²) in [5.74, 6) is -5.77. The van der Waals surface area contributed by atoms with Gasteiger partial charge in [0.25, 0.3) is 5.91 Å². The van der Waals surface area contributed by atoms with E-state index in [9.17, 15) is 32.3 Å². The first-order chi connectivity index (χ1) is 18.7. The molecule has 0 aliphatic heterocycles. The number of alkyl halides is 4. The predicted molar refractivity (Wildman–Crippen MR) is 129 cm³/mol. The van der Waals surface area contributed by atoms with Crippen molar-refractivity contribution in [1.82, 2.24) is 20.6 Å². The number of nitrogens with zero attached hydrogens (tertiary/aromatic N) is 2. The van der Waals surface area contributed by atoms with Crippen LogP contribution in [0, 0.1) is 23.0 Å². The van der Waals surface area contributed by atoms with E-state index in [4.69, 9.17) is 11.6 Å². The van der Waals surface area contributed by atoms with Gasteiger partial charge in [-0.1, -0.05) is 11.6 Å². The first-order valence-corrected chi connectivity index (χ1v) is 13.1. The molecular weight excluding hydrogens is 566 g/mol. The van der Waals surface area contributed by atoms with E-state index in [0.717, 1.165) is 12.1 Å². The van der Waals surface area contributed by atoms with Gasteiger partial charge in [0.1, 0.15) is 17.3 Å². The number of carbonyl (C=O) groups excluding carboxylic acids is 2. The van der Waals surface area contributed by atoms with Crippen molar-refractivity contribution in [1.29, 1.82) is 0 Å². The van der Waals surface area contributed by atoms with Crippen molar-refractivity contribution in [3.8, 4) is 0 Å². The number of aliphatic hydroxyl groups excluding tert-OH is 1. The molecule has 1 heterocycles. The second-order valence-electron chi connectivity index (χ2n) is 11.0. The summed E-state index contributed by atoms with van der Waals surface area (Å²) < 4.78 is 83.3. The summed E-state index contributed by atoms with van der Waals surface area (Å²) in [6.07, 6.45) is -3.71. The first-order valence-electron chi connectivity index (χ1n) is 12.7. The maximum Gasteiger partial charge on any atom is 0.451 e. The average molecular weight is 591 g/mol. The SMILES string of the molecule is O=C(N[C@H]1C[C@H](C(=O)N[C@H](c2c(F)ccc(Cl)c2F)C23CCC(F)(CC2)C3)C[C@H]1O)c1cnc(C(F)(F)F)nc1. The zero-order chi connectivity index (χ0) is 29.0. The van der Waals surface area contributed by atoms with Crippen LogP contribution in [0.1, 0.15) is 72.7 Å². The maximum atomic E-state index is 15.2. The molecule has 7 nitrogen and oxygen atoms in total. The number of carbonyl (C=O) groups is 2. The third-order valence-electron chi connectivity index (χ3n) is 8.46. The fourth-order valence-electron chi connectivity index (χ4n) is 6.40. The summed E-state index contributed by atoms with van der Waals surface area (Å²) in [6.45, 7) is 0. The summed E-state index contributed by atoms with van der Waals surface area (Å²) in [5, 5.41) is 15.4. The van der Waals surface area contributed by atoms with Crippen molar-refractivity contribution in [3.63, 3.8) is 0 Å². The number of halogens is 7. The minimum Gasteiger partial charge on any atom is -0.391 e. The molecule has 40 heavy (non-hydrogen) atoms. The third kappa shape index (κ3) is 5.25. The molecule has 3 aliphatic carbocycles. The van der Waals surface area contributed by atoms with Crippen molar-refractivity contribution in [2.75, 3.05) is 0 Å². The van der Waals surface area contributed by atoms with Crippen LogP contribution in [0.25, 0.3) is 0 Å². The van der Waals surface area contributed by atoms with Crippen LogP contribution in [0.5, 0.6) is 0 Å². The van der Waals surface area contributed by atoms with Gasteiger partial charge >= 0.3 is 6.18 Å². The highest BCUT2D eigenvalue weighted by atomic mass is 35.5. The van der Waals surface area contributed by atoms with Gasteiger partial charge in [0, 0.05) is 23.9 Å². The standard InChI is InChI=1S/C26H25ClF6N4O3/c27-14-1-2-15(28)18(19(14)29)20(24-3-5-25(30,11-24)6-4-24)37-21(39)12-7-16(17(38)8-12)36-22(40)13-9-34-23(35-10-13)26(31,32)33/h1-2,9-10,12,16-17,20,38H,3-8,11H2,(H,36,40)(H,37,39)/t12-,16-,17+,20+,24?,25?/m0/s1. The van der Waals surface area contributed by atoms with Gasteiger partial charge in [-0.05, 0) is 62.5 Å². The molecular formula is C26H25ClF6N4O3. The molecule has 5 rings (SSSR count). The number of amides is 2. The quantitative estimate of drug-likeness (QED) is 0.330.